The van der Waals surface area contributed by atoms with E-state index in [1.807, 2.05) is 48.1 Å². The Morgan fingerprint density at radius 1 is 1.27 bits per heavy atom. The Morgan fingerprint density at radius 2 is 2.09 bits per heavy atom. The summed E-state index contributed by atoms with van der Waals surface area (Å²) in [6.07, 6.45) is 3.96. The maximum Gasteiger partial charge on any atom is 0.226 e. The second-order valence-electron chi connectivity index (χ2n) is 5.46. The number of nitrogens with one attached hydrogen (secondary N) is 2. The quantitative estimate of drug-likeness (QED) is 0.761. The van der Waals surface area contributed by atoms with Crippen LogP contribution in [0.5, 0.6) is 0 Å². The number of hydrogen-bond acceptors (Lipinski definition) is 3. The van der Waals surface area contributed by atoms with Crippen molar-refractivity contribution in [3.63, 3.8) is 0 Å². The van der Waals surface area contributed by atoms with Gasteiger partial charge in [0.1, 0.15) is 0 Å². The van der Waals surface area contributed by atoms with E-state index < -0.39 is 0 Å². The van der Waals surface area contributed by atoms with E-state index in [2.05, 4.69) is 20.5 Å². The first-order chi connectivity index (χ1) is 10.7. The van der Waals surface area contributed by atoms with E-state index in [9.17, 15) is 4.79 Å². The lowest BCUT2D eigenvalue weighted by Gasteiger charge is -2.23. The highest BCUT2D eigenvalue weighted by molar-refractivity contribution is 5.95. The number of hydrogen-bond donors (Lipinski definition) is 2. The van der Waals surface area contributed by atoms with Crippen molar-refractivity contribution >= 4 is 11.7 Å². The van der Waals surface area contributed by atoms with Gasteiger partial charge in [0.25, 0.3) is 0 Å². The standard InChI is InChI=1S/C16H15N5O/c1-21-9-17-8-12(21)11-7-13(22)18-16-14(11)15(19-20-16)10-5-3-2-4-6-10/h2-6,8-9,11H,7H2,1H3,(H2,18,19,20,22). The van der Waals surface area contributed by atoms with Gasteiger partial charge < -0.3 is 9.88 Å². The first-order valence-electron chi connectivity index (χ1n) is 7.14. The van der Waals surface area contributed by atoms with Gasteiger partial charge in [0.15, 0.2) is 5.82 Å². The summed E-state index contributed by atoms with van der Waals surface area (Å²) in [7, 11) is 1.94. The highest BCUT2D eigenvalue weighted by Crippen LogP contribution is 2.41. The average molecular weight is 293 g/mol. The minimum absolute atomic E-state index is 0.0233. The molecule has 1 aliphatic heterocycles. The van der Waals surface area contributed by atoms with Crippen molar-refractivity contribution in [2.24, 2.45) is 7.05 Å². The Hall–Kier alpha value is -2.89. The summed E-state index contributed by atoms with van der Waals surface area (Å²) < 4.78 is 1.95. The van der Waals surface area contributed by atoms with Gasteiger partial charge in [0, 0.05) is 36.8 Å². The van der Waals surface area contributed by atoms with Gasteiger partial charge in [-0.25, -0.2) is 4.98 Å². The molecule has 0 saturated carbocycles. The van der Waals surface area contributed by atoms with Gasteiger partial charge in [0.05, 0.1) is 12.0 Å². The van der Waals surface area contributed by atoms with Gasteiger partial charge in [0.2, 0.25) is 5.91 Å². The predicted octanol–water partition coefficient (Wildman–Crippen LogP) is 2.28. The van der Waals surface area contributed by atoms with Crippen LogP contribution >= 0.6 is 0 Å². The molecule has 0 radical (unpaired) electrons. The number of nitrogens with zero attached hydrogens (tertiary/aromatic N) is 3. The minimum atomic E-state index is -0.0507. The van der Waals surface area contributed by atoms with Crippen LogP contribution in [0.15, 0.2) is 42.9 Å². The topological polar surface area (TPSA) is 75.6 Å². The largest absolute Gasteiger partial charge is 0.337 e. The maximum atomic E-state index is 12.0. The molecule has 0 fully saturated rings. The highest BCUT2D eigenvalue weighted by Gasteiger charge is 2.33. The number of carbonyl (C=O) groups is 1. The second kappa shape index (κ2) is 4.84. The van der Waals surface area contributed by atoms with Gasteiger partial charge in [-0.05, 0) is 5.56 Å². The predicted molar refractivity (Wildman–Crippen MR) is 82.3 cm³/mol. The molecule has 0 spiro atoms. The molecule has 6 nitrogen and oxygen atoms in total. The van der Waals surface area contributed by atoms with Gasteiger partial charge in [-0.15, -0.1) is 0 Å². The number of amides is 1. The summed E-state index contributed by atoms with van der Waals surface area (Å²) in [4.78, 5) is 16.2. The molecule has 3 aromatic rings. The summed E-state index contributed by atoms with van der Waals surface area (Å²) in [5.74, 6) is 0.538. The number of aryl methyl sites for hydroxylation is 1. The Morgan fingerprint density at radius 3 is 2.82 bits per heavy atom. The molecule has 110 valence electrons. The number of benzene rings is 1. The number of imidazole rings is 1. The van der Waals surface area contributed by atoms with Crippen molar-refractivity contribution < 1.29 is 4.79 Å². The van der Waals surface area contributed by atoms with Crippen molar-refractivity contribution in [1.82, 2.24) is 19.7 Å². The van der Waals surface area contributed by atoms with Crippen LogP contribution in [-0.4, -0.2) is 25.7 Å². The lowest BCUT2D eigenvalue weighted by atomic mass is 9.87. The molecular weight excluding hydrogens is 278 g/mol. The van der Waals surface area contributed by atoms with Gasteiger partial charge >= 0.3 is 0 Å². The molecule has 2 aromatic heterocycles. The Balaban J connectivity index is 1.90. The number of H-pyrrole nitrogens is 1. The number of rotatable bonds is 2. The first kappa shape index (κ1) is 12.8. The zero-order valence-corrected chi connectivity index (χ0v) is 12.1. The molecule has 1 unspecified atom stereocenters. The number of carbonyl (C=O) groups excluding carboxylic acids is 1. The molecule has 2 N–H and O–H groups in total. The molecule has 1 aliphatic rings. The van der Waals surface area contributed by atoms with Gasteiger partial charge in [-0.3, -0.25) is 9.89 Å². The monoisotopic (exact) mass is 293 g/mol. The molecule has 3 heterocycles. The third-order valence-corrected chi connectivity index (χ3v) is 4.07. The molecular formula is C16H15N5O. The van der Waals surface area contributed by atoms with E-state index in [0.717, 1.165) is 22.5 Å². The fourth-order valence-electron chi connectivity index (χ4n) is 3.04. The maximum absolute atomic E-state index is 12.0. The van der Waals surface area contributed by atoms with E-state index in [0.29, 0.717) is 12.2 Å². The zero-order valence-electron chi connectivity index (χ0n) is 12.1. The Labute approximate surface area is 127 Å². The van der Waals surface area contributed by atoms with Crippen LogP contribution < -0.4 is 5.32 Å². The smallest absolute Gasteiger partial charge is 0.226 e. The molecule has 22 heavy (non-hydrogen) atoms. The molecule has 1 amide bonds. The van der Waals surface area contributed by atoms with Crippen LogP contribution in [0, 0.1) is 0 Å². The normalized spacial score (nSPS) is 17.1. The van der Waals surface area contributed by atoms with E-state index in [-0.39, 0.29) is 11.8 Å². The third kappa shape index (κ3) is 1.92. The van der Waals surface area contributed by atoms with Gasteiger partial charge in [-0.1, -0.05) is 30.3 Å². The number of fused-ring (bicyclic) bond motifs is 1. The van der Waals surface area contributed by atoms with Crippen molar-refractivity contribution in [3.8, 4) is 11.3 Å². The molecule has 4 rings (SSSR count). The molecule has 6 heteroatoms. The van der Waals surface area contributed by atoms with Crippen molar-refractivity contribution in [1.29, 1.82) is 0 Å². The van der Waals surface area contributed by atoms with Crippen LogP contribution in [0.25, 0.3) is 11.3 Å². The van der Waals surface area contributed by atoms with E-state index in [1.54, 1.807) is 6.33 Å². The van der Waals surface area contributed by atoms with Crippen molar-refractivity contribution in [2.45, 2.75) is 12.3 Å². The molecule has 0 saturated heterocycles. The SMILES string of the molecule is Cn1cncc1C1CC(=O)Nc2n[nH]c(-c3ccccc3)c21. The van der Waals surface area contributed by atoms with E-state index >= 15 is 0 Å². The zero-order chi connectivity index (χ0) is 15.1. The fraction of sp³-hybridized carbons (Fsp3) is 0.188. The lowest BCUT2D eigenvalue weighted by molar-refractivity contribution is -0.116. The molecule has 1 aromatic carbocycles. The summed E-state index contributed by atoms with van der Waals surface area (Å²) in [6.45, 7) is 0. The van der Waals surface area contributed by atoms with E-state index in [4.69, 9.17) is 0 Å². The van der Waals surface area contributed by atoms with Crippen molar-refractivity contribution in [3.05, 3.63) is 54.1 Å². The average Bonchev–Trinajstić information content (AvgIpc) is 3.13. The Bertz CT molecular complexity index is 833. The summed E-state index contributed by atoms with van der Waals surface area (Å²) in [6, 6.07) is 10.0. The fourth-order valence-corrected chi connectivity index (χ4v) is 3.04. The number of aromatic amines is 1. The van der Waals surface area contributed by atoms with Crippen LogP contribution in [0.1, 0.15) is 23.6 Å². The summed E-state index contributed by atoms with van der Waals surface area (Å²) in [5.41, 5.74) is 4.03. The van der Waals surface area contributed by atoms with E-state index in [1.165, 1.54) is 0 Å². The molecule has 0 bridgehead atoms. The van der Waals surface area contributed by atoms with Gasteiger partial charge in [-0.2, -0.15) is 5.10 Å². The molecule has 0 aliphatic carbocycles. The number of aromatic nitrogens is 4. The molecule has 1 atom stereocenters. The minimum Gasteiger partial charge on any atom is -0.337 e. The third-order valence-electron chi connectivity index (χ3n) is 4.07. The van der Waals surface area contributed by atoms with Crippen LogP contribution in [-0.2, 0) is 11.8 Å². The summed E-state index contributed by atoms with van der Waals surface area (Å²) >= 11 is 0. The number of anilines is 1. The van der Waals surface area contributed by atoms with Crippen LogP contribution in [0.2, 0.25) is 0 Å². The summed E-state index contributed by atoms with van der Waals surface area (Å²) in [5, 5.41) is 10.2. The Kier molecular flexibility index (Phi) is 2.82. The first-order valence-corrected chi connectivity index (χ1v) is 7.14. The highest BCUT2D eigenvalue weighted by atomic mass is 16.1. The van der Waals surface area contributed by atoms with Crippen LogP contribution in [0.4, 0.5) is 5.82 Å². The lowest BCUT2D eigenvalue weighted by Crippen LogP contribution is -2.24. The second-order valence-corrected chi connectivity index (χ2v) is 5.46. The van der Waals surface area contributed by atoms with Crippen LogP contribution in [0.3, 0.4) is 0 Å². The van der Waals surface area contributed by atoms with Crippen molar-refractivity contribution in [2.75, 3.05) is 5.32 Å².